The lowest BCUT2D eigenvalue weighted by molar-refractivity contribution is 0.123. The van der Waals surface area contributed by atoms with Gasteiger partial charge in [-0.1, -0.05) is 30.3 Å². The Bertz CT molecular complexity index is 547. The minimum Gasteiger partial charge on any atom is -0.378 e. The SMILES string of the molecule is NCc1ccc(N2CCOCC2)c2ccccc12. The van der Waals surface area contributed by atoms with Gasteiger partial charge >= 0.3 is 0 Å². The first kappa shape index (κ1) is 11.5. The minimum atomic E-state index is 0.587. The molecular weight excluding hydrogens is 224 g/mol. The van der Waals surface area contributed by atoms with Crippen LogP contribution in [0.25, 0.3) is 10.8 Å². The van der Waals surface area contributed by atoms with Gasteiger partial charge in [-0.05, 0) is 17.0 Å². The average Bonchev–Trinajstić information content (AvgIpc) is 2.47. The van der Waals surface area contributed by atoms with Crippen LogP contribution in [0.5, 0.6) is 0 Å². The molecule has 1 saturated heterocycles. The van der Waals surface area contributed by atoms with Gasteiger partial charge in [0.15, 0.2) is 0 Å². The van der Waals surface area contributed by atoms with E-state index in [4.69, 9.17) is 10.5 Å². The van der Waals surface area contributed by atoms with Crippen LogP contribution in [-0.4, -0.2) is 26.3 Å². The van der Waals surface area contributed by atoms with Crippen LogP contribution >= 0.6 is 0 Å². The second-order valence-corrected chi connectivity index (χ2v) is 4.59. The maximum atomic E-state index is 5.81. The predicted molar refractivity (Wildman–Crippen MR) is 74.9 cm³/mol. The third kappa shape index (κ3) is 1.96. The summed E-state index contributed by atoms with van der Waals surface area (Å²) >= 11 is 0. The Kier molecular flexibility index (Phi) is 3.17. The zero-order chi connectivity index (χ0) is 12.4. The van der Waals surface area contributed by atoms with E-state index in [2.05, 4.69) is 41.3 Å². The summed E-state index contributed by atoms with van der Waals surface area (Å²) < 4.78 is 5.42. The Morgan fingerprint density at radius 2 is 1.72 bits per heavy atom. The Balaban J connectivity index is 2.12. The molecule has 3 nitrogen and oxygen atoms in total. The number of benzene rings is 2. The van der Waals surface area contributed by atoms with Gasteiger partial charge in [0.2, 0.25) is 0 Å². The molecule has 2 N–H and O–H groups in total. The first-order valence-corrected chi connectivity index (χ1v) is 6.43. The second kappa shape index (κ2) is 4.96. The van der Waals surface area contributed by atoms with Crippen molar-refractivity contribution in [1.29, 1.82) is 0 Å². The van der Waals surface area contributed by atoms with Crippen LogP contribution in [0.15, 0.2) is 36.4 Å². The molecule has 1 fully saturated rings. The van der Waals surface area contributed by atoms with Gasteiger partial charge in [0.1, 0.15) is 0 Å². The molecule has 0 amide bonds. The molecule has 1 aliphatic rings. The number of hydrogen-bond donors (Lipinski definition) is 1. The smallest absolute Gasteiger partial charge is 0.0642 e. The van der Waals surface area contributed by atoms with Gasteiger partial charge in [0, 0.05) is 30.7 Å². The topological polar surface area (TPSA) is 38.5 Å². The molecule has 0 radical (unpaired) electrons. The average molecular weight is 242 g/mol. The summed E-state index contributed by atoms with van der Waals surface area (Å²) in [7, 11) is 0. The standard InChI is InChI=1S/C15H18N2O/c16-11-12-5-6-15(17-7-9-18-10-8-17)14-4-2-1-3-13(12)14/h1-6H,7-11,16H2. The summed E-state index contributed by atoms with van der Waals surface area (Å²) in [5.74, 6) is 0. The lowest BCUT2D eigenvalue weighted by Gasteiger charge is -2.30. The van der Waals surface area contributed by atoms with Crippen LogP contribution in [0, 0.1) is 0 Å². The van der Waals surface area contributed by atoms with Gasteiger partial charge in [0.25, 0.3) is 0 Å². The van der Waals surface area contributed by atoms with Crippen molar-refractivity contribution >= 4 is 16.5 Å². The van der Waals surface area contributed by atoms with Crippen molar-refractivity contribution in [2.75, 3.05) is 31.2 Å². The summed E-state index contributed by atoms with van der Waals surface area (Å²) in [6.45, 7) is 4.14. The van der Waals surface area contributed by atoms with Crippen LogP contribution in [-0.2, 0) is 11.3 Å². The number of nitrogens with two attached hydrogens (primary N) is 1. The van der Waals surface area contributed by atoms with Crippen LogP contribution in [0.2, 0.25) is 0 Å². The van der Waals surface area contributed by atoms with Gasteiger partial charge in [-0.15, -0.1) is 0 Å². The fourth-order valence-electron chi connectivity index (χ4n) is 2.60. The van der Waals surface area contributed by atoms with Gasteiger partial charge in [-0.25, -0.2) is 0 Å². The zero-order valence-electron chi connectivity index (χ0n) is 10.4. The van der Waals surface area contributed by atoms with E-state index in [1.165, 1.54) is 22.0 Å². The molecule has 3 heteroatoms. The van der Waals surface area contributed by atoms with E-state index < -0.39 is 0 Å². The lowest BCUT2D eigenvalue weighted by Crippen LogP contribution is -2.36. The lowest BCUT2D eigenvalue weighted by atomic mass is 10.0. The van der Waals surface area contributed by atoms with Crippen molar-refractivity contribution < 1.29 is 4.74 Å². The quantitative estimate of drug-likeness (QED) is 0.876. The summed E-state index contributed by atoms with van der Waals surface area (Å²) in [6.07, 6.45) is 0. The second-order valence-electron chi connectivity index (χ2n) is 4.59. The zero-order valence-corrected chi connectivity index (χ0v) is 10.4. The highest BCUT2D eigenvalue weighted by Crippen LogP contribution is 2.29. The fraction of sp³-hybridized carbons (Fsp3) is 0.333. The van der Waals surface area contributed by atoms with Crippen molar-refractivity contribution in [2.45, 2.75) is 6.54 Å². The third-order valence-corrected chi connectivity index (χ3v) is 3.56. The number of anilines is 1. The molecule has 0 saturated carbocycles. The van der Waals surface area contributed by atoms with Crippen molar-refractivity contribution in [1.82, 2.24) is 0 Å². The Morgan fingerprint density at radius 3 is 2.44 bits per heavy atom. The predicted octanol–water partition coefficient (Wildman–Crippen LogP) is 2.14. The van der Waals surface area contributed by atoms with Crippen molar-refractivity contribution in [2.24, 2.45) is 5.73 Å². The Morgan fingerprint density at radius 1 is 1.00 bits per heavy atom. The molecule has 18 heavy (non-hydrogen) atoms. The summed E-state index contributed by atoms with van der Waals surface area (Å²) in [5, 5.41) is 2.56. The number of morpholine rings is 1. The maximum absolute atomic E-state index is 5.81. The molecule has 2 aromatic rings. The van der Waals surface area contributed by atoms with E-state index >= 15 is 0 Å². The van der Waals surface area contributed by atoms with Crippen LogP contribution in [0.1, 0.15) is 5.56 Å². The van der Waals surface area contributed by atoms with Crippen LogP contribution in [0.4, 0.5) is 5.69 Å². The summed E-state index contributed by atoms with van der Waals surface area (Å²) in [4.78, 5) is 2.39. The van der Waals surface area contributed by atoms with Crippen LogP contribution < -0.4 is 10.6 Å². The van der Waals surface area contributed by atoms with Gasteiger partial charge in [0.05, 0.1) is 13.2 Å². The van der Waals surface area contributed by atoms with E-state index in [-0.39, 0.29) is 0 Å². The first-order chi connectivity index (χ1) is 8.90. The van der Waals surface area contributed by atoms with Crippen molar-refractivity contribution in [3.63, 3.8) is 0 Å². The minimum absolute atomic E-state index is 0.587. The van der Waals surface area contributed by atoms with E-state index in [1.807, 2.05) is 0 Å². The van der Waals surface area contributed by atoms with E-state index in [0.717, 1.165) is 26.3 Å². The van der Waals surface area contributed by atoms with E-state index in [1.54, 1.807) is 0 Å². The first-order valence-electron chi connectivity index (χ1n) is 6.43. The number of hydrogen-bond acceptors (Lipinski definition) is 3. The number of nitrogens with zero attached hydrogens (tertiary/aromatic N) is 1. The van der Waals surface area contributed by atoms with Gasteiger partial charge in [-0.3, -0.25) is 0 Å². The molecular formula is C15H18N2O. The van der Waals surface area contributed by atoms with Crippen molar-refractivity contribution in [3.05, 3.63) is 42.0 Å². The molecule has 0 atom stereocenters. The summed E-state index contributed by atoms with van der Waals surface area (Å²) in [6, 6.07) is 12.8. The Labute approximate surface area is 107 Å². The normalized spacial score (nSPS) is 16.2. The third-order valence-electron chi connectivity index (χ3n) is 3.56. The van der Waals surface area contributed by atoms with E-state index in [9.17, 15) is 0 Å². The molecule has 0 spiro atoms. The molecule has 0 unspecified atom stereocenters. The molecule has 1 aliphatic heterocycles. The Hall–Kier alpha value is -1.58. The highest BCUT2D eigenvalue weighted by molar-refractivity contribution is 5.96. The molecule has 2 aromatic carbocycles. The van der Waals surface area contributed by atoms with Gasteiger partial charge < -0.3 is 15.4 Å². The van der Waals surface area contributed by atoms with E-state index in [0.29, 0.717) is 6.54 Å². The molecule has 0 bridgehead atoms. The molecule has 1 heterocycles. The molecule has 0 aromatic heterocycles. The highest BCUT2D eigenvalue weighted by Gasteiger charge is 2.14. The molecule has 3 rings (SSSR count). The van der Waals surface area contributed by atoms with Crippen LogP contribution in [0.3, 0.4) is 0 Å². The molecule has 94 valence electrons. The van der Waals surface area contributed by atoms with Gasteiger partial charge in [-0.2, -0.15) is 0 Å². The number of ether oxygens (including phenoxy) is 1. The maximum Gasteiger partial charge on any atom is 0.0642 e. The number of rotatable bonds is 2. The monoisotopic (exact) mass is 242 g/mol. The number of fused-ring (bicyclic) bond motifs is 1. The molecule has 0 aliphatic carbocycles. The highest BCUT2D eigenvalue weighted by atomic mass is 16.5. The largest absolute Gasteiger partial charge is 0.378 e. The fourth-order valence-corrected chi connectivity index (χ4v) is 2.60. The summed E-state index contributed by atoms with van der Waals surface area (Å²) in [5.41, 5.74) is 8.32. The van der Waals surface area contributed by atoms with Crippen molar-refractivity contribution in [3.8, 4) is 0 Å².